The van der Waals surface area contributed by atoms with Crippen molar-refractivity contribution in [3.8, 4) is 0 Å². The van der Waals surface area contributed by atoms with Gasteiger partial charge in [-0.1, -0.05) is 217 Å². The van der Waals surface area contributed by atoms with Crippen molar-refractivity contribution in [2.75, 3.05) is 20.3 Å². The van der Waals surface area contributed by atoms with Crippen LogP contribution in [0.4, 0.5) is 92.2 Å². The van der Waals surface area contributed by atoms with Crippen LogP contribution in [0.5, 0.6) is 0 Å². The van der Waals surface area contributed by atoms with E-state index >= 15 is 0 Å². The molecule has 9 rings (SSSR count). The number of carbonyl (C=O) groups excluding carboxylic acids is 6. The van der Waals surface area contributed by atoms with Crippen molar-refractivity contribution in [1.82, 2.24) is 0 Å². The zero-order valence-corrected chi connectivity index (χ0v) is 91.9. The lowest BCUT2D eigenvalue weighted by molar-refractivity contribution is -0.269. The summed E-state index contributed by atoms with van der Waals surface area (Å²) in [6.07, 6.45) is -22.3. The smallest absolute Gasteiger partial charge is 0.425 e. The second-order valence-electron chi connectivity index (χ2n) is 47.6. The van der Waals surface area contributed by atoms with Gasteiger partial charge in [-0.3, -0.25) is 28.8 Å². The highest BCUT2D eigenvalue weighted by molar-refractivity contribution is 5.81. The third kappa shape index (κ3) is 44.5. The molecule has 1 saturated heterocycles. The molecule has 9 aliphatic rings. The highest BCUT2D eigenvalue weighted by Gasteiger charge is 2.77. The quantitative estimate of drug-likeness (QED) is 0.0536. The maximum Gasteiger partial charge on any atom is 0.425 e. The van der Waals surface area contributed by atoms with Crippen LogP contribution >= 0.6 is 0 Å². The molecule has 25 unspecified atom stereocenters. The van der Waals surface area contributed by atoms with E-state index in [9.17, 15) is 121 Å². The van der Waals surface area contributed by atoms with Crippen LogP contribution in [0, 0.1) is 162 Å². The van der Waals surface area contributed by atoms with Gasteiger partial charge in [-0.15, -0.1) is 0 Å². The van der Waals surface area contributed by atoms with Crippen LogP contribution in [-0.4, -0.2) is 135 Å². The molecular formula is C112H205F21O14. The molecule has 884 valence electrons. The van der Waals surface area contributed by atoms with Crippen molar-refractivity contribution in [3.63, 3.8) is 0 Å². The molecule has 0 radical (unpaired) electrons. The van der Waals surface area contributed by atoms with E-state index in [4.69, 9.17) is 23.7 Å². The van der Waals surface area contributed by atoms with Crippen LogP contribution in [0.2, 0.25) is 0 Å². The molecular weight excluding hydrogens is 1970 g/mol. The van der Waals surface area contributed by atoms with E-state index in [1.807, 2.05) is 145 Å². The molecule has 0 aromatic rings. The summed E-state index contributed by atoms with van der Waals surface area (Å²) in [5.74, 6) is -8.36. The summed E-state index contributed by atoms with van der Waals surface area (Å²) in [6, 6.07) is 0. The molecule has 9 fully saturated rings. The van der Waals surface area contributed by atoms with E-state index in [2.05, 4.69) is 90.4 Å². The minimum absolute atomic E-state index is 0. The number of halogens is 21. The van der Waals surface area contributed by atoms with Gasteiger partial charge in [0.25, 0.3) is 0 Å². The first kappa shape index (κ1) is 155. The average molecular weight is 2170 g/mol. The van der Waals surface area contributed by atoms with Gasteiger partial charge in [0.2, 0.25) is 0 Å². The van der Waals surface area contributed by atoms with Gasteiger partial charge in [-0.25, -0.2) is 0 Å². The van der Waals surface area contributed by atoms with Crippen molar-refractivity contribution >= 4 is 35.8 Å². The number of carbonyl (C=O) groups is 6. The van der Waals surface area contributed by atoms with Gasteiger partial charge >= 0.3 is 79.0 Å². The molecule has 0 aromatic carbocycles. The Labute approximate surface area is 875 Å². The number of ether oxygens (including phenoxy) is 8. The van der Waals surface area contributed by atoms with Crippen molar-refractivity contribution < 1.29 is 159 Å². The average Bonchev–Trinajstić information content (AvgIpc) is 1.51. The molecule has 147 heavy (non-hydrogen) atoms. The first-order chi connectivity index (χ1) is 63.2. The standard InChI is InChI=1S/C17H34O2.C14H18F6O2.C14H28O2.C13H16F6O2.C12H17F3O2.C10H15F3.C10H20O2.C7H14O2.C5H9F3.C4H10.6CH4/c1-8-17(6,7)16(18)19-15(11-9-13(2)3)12-10-14(4)5;1-6-7(2)10-4-9(6)5-12(10,14(18,19)20)11(21)22-8(3)13(15,16)17;1-8-14(6,7)12(15)16-10-11(2)9-13(3,4)5;1-6-7(2)9-3-8(6)4-11(9,13(17,18)19)10(20)21-5-12(14,15)16;1-6-7(2)9-4-8(6)5-11(9,10(16)17-3)12(13,14)15;1-5-6(2)8-3-7(5)4-9(8)10(11,12)13;1-7-10(5,6)8(11)12-9(2,3)4;1-5-6(2)9-7(3,4)8-5;1-3-4(2)5(6,7)8;1-3-4-2;;;;;;/h13-15H,8-12H2,1-7H3;6-10H,4-5H2,1-3H3;11H,8-10H2,1-7H3;6-9H,3-5H2,1-2H3;6-9H,4-5H2,1-3H3;5-9H,3-4H2,1-2H3;7H2,1-6H3;5-6H,1-4H3;4H,3H2,1-2H3;3-4H2,1-2H3;6*1H4. The molecule has 35 heteroatoms. The van der Waals surface area contributed by atoms with Crippen LogP contribution in [0.3, 0.4) is 0 Å². The van der Waals surface area contributed by atoms with Gasteiger partial charge in [0.15, 0.2) is 34.7 Å². The second kappa shape index (κ2) is 61.1. The Balaban J connectivity index is -0.000000301. The number of hydrogen-bond acceptors (Lipinski definition) is 14. The molecule has 0 aromatic heterocycles. The van der Waals surface area contributed by atoms with Crippen LogP contribution < -0.4 is 0 Å². The molecule has 8 aliphatic carbocycles. The van der Waals surface area contributed by atoms with Gasteiger partial charge in [0.05, 0.1) is 54.0 Å². The number of alkyl halides is 21. The van der Waals surface area contributed by atoms with Gasteiger partial charge < -0.3 is 37.9 Å². The van der Waals surface area contributed by atoms with E-state index < -0.39 is 133 Å². The Hall–Kier alpha value is -4.73. The number of unbranched alkanes of at least 4 members (excludes halogenated alkanes) is 1. The van der Waals surface area contributed by atoms with E-state index in [0.717, 1.165) is 64.9 Å². The summed E-state index contributed by atoms with van der Waals surface area (Å²) in [4.78, 5) is 71.0. The Morgan fingerprint density at radius 3 is 0.959 bits per heavy atom. The molecule has 14 nitrogen and oxygen atoms in total. The number of hydrogen-bond donors (Lipinski definition) is 0. The van der Waals surface area contributed by atoms with Crippen LogP contribution in [-0.2, 0) is 66.7 Å². The van der Waals surface area contributed by atoms with Crippen molar-refractivity contribution in [1.29, 1.82) is 0 Å². The lowest BCUT2D eigenvalue weighted by Crippen LogP contribution is -2.54. The lowest BCUT2D eigenvalue weighted by atomic mass is 9.65. The SMILES string of the molecule is C.C.C.C.C.C.CC1C2CC(C1C)C(C(=O)OC(C)C(F)(F)F)(C(F)(F)F)C2.CC1C2CC(C1C)C(C(=O)OCC(F)(F)F)(C(F)(F)F)C2.CC1C2CC(C1C)C(C(F)(F)F)C2.CC1OC(C)(C)OC1C.CCC(C)(C)C(=O)OC(C)(C)C.CCC(C)(C)C(=O)OC(CCC(C)C)CCC(C)C.CCC(C)(C)C(=O)OCC(C)CC(C)(C)C.CCC(C)C(F)(F)F.CCCC.COC(=O)C1(C(F)(F)F)CC2CC1C(C)C2C. The summed E-state index contributed by atoms with van der Waals surface area (Å²) in [6.45, 7) is 69.8. The molecule has 8 bridgehead atoms. The predicted molar refractivity (Wildman–Crippen MR) is 546 cm³/mol. The number of rotatable bonds is 23. The minimum Gasteiger partial charge on any atom is -0.468 e. The Morgan fingerprint density at radius 1 is 0.388 bits per heavy atom. The summed E-state index contributed by atoms with van der Waals surface area (Å²) >= 11 is 0. The highest BCUT2D eigenvalue weighted by Crippen LogP contribution is 2.70. The lowest BCUT2D eigenvalue weighted by Gasteiger charge is -2.42. The summed E-state index contributed by atoms with van der Waals surface area (Å²) in [5, 5.41) is 0. The Bertz CT molecular complexity index is 3710. The number of fused-ring (bicyclic) bond motifs is 8. The summed E-state index contributed by atoms with van der Waals surface area (Å²) < 4.78 is 307. The highest BCUT2D eigenvalue weighted by atomic mass is 19.4. The monoisotopic (exact) mass is 2170 g/mol. The summed E-state index contributed by atoms with van der Waals surface area (Å²) in [5.41, 5.74) is -8.96. The first-order valence-corrected chi connectivity index (χ1v) is 51.2. The summed E-state index contributed by atoms with van der Waals surface area (Å²) in [7, 11) is 1.04. The van der Waals surface area contributed by atoms with E-state index in [1.165, 1.54) is 26.7 Å². The zero-order valence-electron chi connectivity index (χ0n) is 91.9. The number of methoxy groups -OCH3 is 1. The fourth-order valence-corrected chi connectivity index (χ4v) is 20.6. The first-order valence-electron chi connectivity index (χ1n) is 51.2. The van der Waals surface area contributed by atoms with E-state index in [0.29, 0.717) is 61.4 Å². The fourth-order valence-electron chi connectivity index (χ4n) is 20.6. The predicted octanol–water partition coefficient (Wildman–Crippen LogP) is 36.6. The van der Waals surface area contributed by atoms with Crippen molar-refractivity contribution in [3.05, 3.63) is 0 Å². The largest absolute Gasteiger partial charge is 0.468 e. The molecule has 1 aliphatic heterocycles. The third-order valence-electron chi connectivity index (χ3n) is 32.0. The van der Waals surface area contributed by atoms with Gasteiger partial charge in [0, 0.05) is 0 Å². The normalized spacial score (nSPS) is 29.1. The van der Waals surface area contributed by atoms with Gasteiger partial charge in [-0.2, -0.15) is 92.2 Å². The van der Waals surface area contributed by atoms with Gasteiger partial charge in [-0.05, 0) is 324 Å². The van der Waals surface area contributed by atoms with E-state index in [-0.39, 0.29) is 199 Å². The van der Waals surface area contributed by atoms with Crippen LogP contribution in [0.25, 0.3) is 0 Å². The van der Waals surface area contributed by atoms with Crippen LogP contribution in [0.15, 0.2) is 0 Å². The molecule has 25 atom stereocenters. The topological polar surface area (TPSA) is 176 Å². The molecule has 1 heterocycles. The zero-order chi connectivity index (χ0) is 111. The second-order valence-corrected chi connectivity index (χ2v) is 47.6. The third-order valence-corrected chi connectivity index (χ3v) is 32.0. The maximum atomic E-state index is 13.6. The minimum atomic E-state index is -4.91. The Kier molecular flexibility index (Phi) is 64.5. The molecule has 0 amide bonds. The maximum absolute atomic E-state index is 13.6. The molecule has 0 spiro atoms. The van der Waals surface area contributed by atoms with Crippen molar-refractivity contribution in [2.24, 2.45) is 162 Å². The number of esters is 6. The molecule has 0 N–H and O–H groups in total. The van der Waals surface area contributed by atoms with E-state index in [1.54, 1.807) is 13.8 Å². The Morgan fingerprint density at radius 2 is 0.721 bits per heavy atom. The van der Waals surface area contributed by atoms with Crippen molar-refractivity contribution in [2.45, 2.75) is 502 Å². The van der Waals surface area contributed by atoms with Gasteiger partial charge in [0.1, 0.15) is 11.7 Å². The fraction of sp³-hybridized carbons (Fsp3) is 0.946. The van der Waals surface area contributed by atoms with Crippen LogP contribution in [0.1, 0.15) is 423 Å². The molecule has 8 saturated carbocycles.